The van der Waals surface area contributed by atoms with Crippen molar-refractivity contribution in [3.05, 3.63) is 21.9 Å². The SMILES string of the molecule is Cc1cc2c(Cl)nc(C3CC3C)nc2s1. The second-order valence-electron chi connectivity index (χ2n) is 4.27. The normalized spacial score (nSPS) is 24.7. The Morgan fingerprint density at radius 3 is 2.87 bits per heavy atom. The van der Waals surface area contributed by atoms with Gasteiger partial charge in [0.2, 0.25) is 0 Å². The highest BCUT2D eigenvalue weighted by Gasteiger charge is 2.37. The molecule has 0 spiro atoms. The Bertz CT molecular complexity index is 535. The Kier molecular flexibility index (Phi) is 2.01. The van der Waals surface area contributed by atoms with Crippen LogP contribution in [0.5, 0.6) is 0 Å². The quantitative estimate of drug-likeness (QED) is 0.707. The third-order valence-corrected chi connectivity index (χ3v) is 4.16. The zero-order valence-electron chi connectivity index (χ0n) is 8.62. The molecule has 0 amide bonds. The van der Waals surface area contributed by atoms with Crippen LogP contribution in [0.25, 0.3) is 10.2 Å². The van der Waals surface area contributed by atoms with Crippen molar-refractivity contribution in [3.8, 4) is 0 Å². The molecule has 0 bridgehead atoms. The first-order valence-electron chi connectivity index (χ1n) is 5.08. The molecule has 0 N–H and O–H groups in total. The van der Waals surface area contributed by atoms with Crippen LogP contribution < -0.4 is 0 Å². The number of aromatic nitrogens is 2. The number of rotatable bonds is 1. The number of nitrogens with zero attached hydrogens (tertiary/aromatic N) is 2. The van der Waals surface area contributed by atoms with Gasteiger partial charge in [0, 0.05) is 16.2 Å². The smallest absolute Gasteiger partial charge is 0.141 e. The fraction of sp³-hybridized carbons (Fsp3) is 0.455. The van der Waals surface area contributed by atoms with E-state index in [-0.39, 0.29) is 0 Å². The molecule has 2 atom stereocenters. The Morgan fingerprint density at radius 2 is 2.20 bits per heavy atom. The average molecular weight is 239 g/mol. The minimum absolute atomic E-state index is 0.536. The topological polar surface area (TPSA) is 25.8 Å². The lowest BCUT2D eigenvalue weighted by Gasteiger charge is -1.98. The minimum atomic E-state index is 0.536. The maximum atomic E-state index is 6.15. The van der Waals surface area contributed by atoms with Crippen LogP contribution >= 0.6 is 22.9 Å². The molecule has 0 aromatic carbocycles. The van der Waals surface area contributed by atoms with Crippen molar-refractivity contribution in [2.45, 2.75) is 26.2 Å². The predicted octanol–water partition coefficient (Wildman–Crippen LogP) is 3.78. The Hall–Kier alpha value is -0.670. The molecular weight excluding hydrogens is 228 g/mol. The molecule has 2 aromatic rings. The Balaban J connectivity index is 2.18. The number of aryl methyl sites for hydroxylation is 1. The van der Waals surface area contributed by atoms with E-state index in [1.54, 1.807) is 11.3 Å². The highest BCUT2D eigenvalue weighted by Crippen LogP contribution is 2.46. The lowest BCUT2D eigenvalue weighted by molar-refractivity contribution is 0.853. The molecule has 0 radical (unpaired) electrons. The number of halogens is 1. The van der Waals surface area contributed by atoms with Crippen molar-refractivity contribution in [2.75, 3.05) is 0 Å². The molecule has 0 saturated heterocycles. The molecule has 1 aliphatic carbocycles. The molecule has 1 fully saturated rings. The molecule has 2 nitrogen and oxygen atoms in total. The zero-order chi connectivity index (χ0) is 10.6. The van der Waals surface area contributed by atoms with Gasteiger partial charge in [-0.15, -0.1) is 11.3 Å². The molecule has 1 saturated carbocycles. The number of thiophene rings is 1. The van der Waals surface area contributed by atoms with E-state index in [4.69, 9.17) is 11.6 Å². The van der Waals surface area contributed by atoms with Crippen molar-refractivity contribution in [1.82, 2.24) is 9.97 Å². The molecule has 4 heteroatoms. The highest BCUT2D eigenvalue weighted by atomic mass is 35.5. The van der Waals surface area contributed by atoms with E-state index in [0.29, 0.717) is 11.1 Å². The van der Waals surface area contributed by atoms with E-state index < -0.39 is 0 Å². The molecule has 0 aliphatic heterocycles. The second kappa shape index (κ2) is 3.16. The summed E-state index contributed by atoms with van der Waals surface area (Å²) in [5, 5.41) is 1.61. The average Bonchev–Trinajstić information content (AvgIpc) is 2.76. The van der Waals surface area contributed by atoms with E-state index in [2.05, 4.69) is 29.9 Å². The van der Waals surface area contributed by atoms with E-state index in [1.807, 2.05) is 0 Å². The maximum Gasteiger partial charge on any atom is 0.141 e. The van der Waals surface area contributed by atoms with Gasteiger partial charge in [0.05, 0.1) is 0 Å². The number of fused-ring (bicyclic) bond motifs is 1. The summed E-state index contributed by atoms with van der Waals surface area (Å²) >= 11 is 7.84. The zero-order valence-corrected chi connectivity index (χ0v) is 10.2. The number of hydrogen-bond acceptors (Lipinski definition) is 3. The van der Waals surface area contributed by atoms with Crippen LogP contribution in [-0.2, 0) is 0 Å². The Labute approximate surface area is 97.3 Å². The van der Waals surface area contributed by atoms with Crippen LogP contribution in [0.3, 0.4) is 0 Å². The summed E-state index contributed by atoms with van der Waals surface area (Å²) in [6.45, 7) is 4.30. The van der Waals surface area contributed by atoms with Crippen LogP contribution in [0.4, 0.5) is 0 Å². The monoisotopic (exact) mass is 238 g/mol. The van der Waals surface area contributed by atoms with Gasteiger partial charge in [0.15, 0.2) is 0 Å². The molecule has 1 aliphatic rings. The van der Waals surface area contributed by atoms with Gasteiger partial charge in [-0.25, -0.2) is 9.97 Å². The molecule has 2 heterocycles. The van der Waals surface area contributed by atoms with Crippen molar-refractivity contribution in [2.24, 2.45) is 5.92 Å². The van der Waals surface area contributed by atoms with E-state index in [9.17, 15) is 0 Å². The summed E-state index contributed by atoms with van der Waals surface area (Å²) < 4.78 is 0. The van der Waals surface area contributed by atoms with E-state index >= 15 is 0 Å². The summed E-state index contributed by atoms with van der Waals surface area (Å²) in [7, 11) is 0. The fourth-order valence-corrected chi connectivity index (χ4v) is 3.04. The lowest BCUT2D eigenvalue weighted by atomic mass is 10.3. The molecular formula is C11H11ClN2S. The van der Waals surface area contributed by atoms with Gasteiger partial charge >= 0.3 is 0 Å². The lowest BCUT2D eigenvalue weighted by Crippen LogP contribution is -1.93. The first kappa shape index (κ1) is 9.55. The van der Waals surface area contributed by atoms with Crippen LogP contribution in [-0.4, -0.2) is 9.97 Å². The second-order valence-corrected chi connectivity index (χ2v) is 5.86. The fourth-order valence-electron chi connectivity index (χ4n) is 1.87. The molecule has 78 valence electrons. The summed E-state index contributed by atoms with van der Waals surface area (Å²) in [4.78, 5) is 11.2. The van der Waals surface area contributed by atoms with Gasteiger partial charge in [-0.2, -0.15) is 0 Å². The third kappa shape index (κ3) is 1.54. The van der Waals surface area contributed by atoms with Crippen molar-refractivity contribution >= 4 is 33.2 Å². The number of hydrogen-bond donors (Lipinski definition) is 0. The van der Waals surface area contributed by atoms with Gasteiger partial charge in [-0.1, -0.05) is 18.5 Å². The summed E-state index contributed by atoms with van der Waals surface area (Å²) in [6, 6.07) is 2.06. The standard InChI is InChI=1S/C11H11ClN2S/c1-5-3-7(5)10-13-9(12)8-4-6(2)15-11(8)14-10/h4-5,7H,3H2,1-2H3. The summed E-state index contributed by atoms with van der Waals surface area (Å²) in [6.07, 6.45) is 1.20. The molecule has 15 heavy (non-hydrogen) atoms. The van der Waals surface area contributed by atoms with E-state index in [0.717, 1.165) is 22.0 Å². The van der Waals surface area contributed by atoms with E-state index in [1.165, 1.54) is 11.3 Å². The maximum absolute atomic E-state index is 6.15. The first-order valence-corrected chi connectivity index (χ1v) is 6.28. The van der Waals surface area contributed by atoms with Gasteiger partial charge in [-0.3, -0.25) is 0 Å². The largest absolute Gasteiger partial charge is 0.222 e. The Morgan fingerprint density at radius 1 is 1.47 bits per heavy atom. The first-order chi connectivity index (χ1) is 7.15. The highest BCUT2D eigenvalue weighted by molar-refractivity contribution is 7.18. The summed E-state index contributed by atoms with van der Waals surface area (Å²) in [5.41, 5.74) is 0. The van der Waals surface area contributed by atoms with Gasteiger partial charge < -0.3 is 0 Å². The predicted molar refractivity (Wildman–Crippen MR) is 63.7 cm³/mol. The summed E-state index contributed by atoms with van der Waals surface area (Å²) in [5.74, 6) is 2.19. The van der Waals surface area contributed by atoms with Gasteiger partial charge in [0.1, 0.15) is 15.8 Å². The molecule has 2 aromatic heterocycles. The van der Waals surface area contributed by atoms with Crippen LogP contribution in [0, 0.1) is 12.8 Å². The third-order valence-electron chi connectivity index (χ3n) is 2.93. The van der Waals surface area contributed by atoms with Crippen LogP contribution in [0.15, 0.2) is 6.07 Å². The molecule has 2 unspecified atom stereocenters. The van der Waals surface area contributed by atoms with Crippen LogP contribution in [0.1, 0.15) is 30.0 Å². The van der Waals surface area contributed by atoms with Crippen molar-refractivity contribution in [1.29, 1.82) is 0 Å². The minimum Gasteiger partial charge on any atom is -0.222 e. The molecule has 3 rings (SSSR count). The van der Waals surface area contributed by atoms with Crippen molar-refractivity contribution in [3.63, 3.8) is 0 Å². The van der Waals surface area contributed by atoms with Crippen LogP contribution in [0.2, 0.25) is 5.15 Å². The van der Waals surface area contributed by atoms with Gasteiger partial charge in [-0.05, 0) is 25.3 Å². The van der Waals surface area contributed by atoms with Crippen molar-refractivity contribution < 1.29 is 0 Å². The van der Waals surface area contributed by atoms with Gasteiger partial charge in [0.25, 0.3) is 0 Å².